The number of rotatable bonds is 20. The lowest BCUT2D eigenvalue weighted by molar-refractivity contribution is -0.137. The number of anilines is 8. The Balaban J connectivity index is 0.000000178. The van der Waals surface area contributed by atoms with Gasteiger partial charge >= 0.3 is 11.9 Å². The van der Waals surface area contributed by atoms with Crippen molar-refractivity contribution < 1.29 is 29.4 Å². The Bertz CT molecular complexity index is 4570. The molecule has 0 saturated heterocycles. The van der Waals surface area contributed by atoms with E-state index in [1.807, 2.05) is 129 Å². The molecular formula is C92H102N8O6. The summed E-state index contributed by atoms with van der Waals surface area (Å²) >= 11 is 0. The first-order valence-electron chi connectivity index (χ1n) is 36.8. The average molecular weight is 1420 g/mol. The number of ketones is 2. The lowest BCUT2D eigenvalue weighted by atomic mass is 9.95. The van der Waals surface area contributed by atoms with Crippen LogP contribution >= 0.6 is 0 Å². The van der Waals surface area contributed by atoms with Crippen molar-refractivity contribution in [1.29, 1.82) is 0 Å². The normalized spacial score (nSPS) is 14.6. The first-order chi connectivity index (χ1) is 51.4. The minimum absolute atomic E-state index is 0.0137. The number of carbonyl (C=O) groups excluding carboxylic acids is 2. The maximum Gasteiger partial charge on any atom is 0.307 e. The molecule has 106 heavy (non-hydrogen) atoms. The van der Waals surface area contributed by atoms with Gasteiger partial charge in [-0.2, -0.15) is 0 Å². The van der Waals surface area contributed by atoms with Crippen LogP contribution in [0, 0.1) is 11.8 Å². The van der Waals surface area contributed by atoms with E-state index in [0.29, 0.717) is 43.0 Å². The number of aryl methyl sites for hydroxylation is 8. The molecule has 14 heteroatoms. The molecule has 2 aliphatic heterocycles. The van der Waals surface area contributed by atoms with E-state index in [-0.39, 0.29) is 24.5 Å². The van der Waals surface area contributed by atoms with Gasteiger partial charge in [-0.05, 0) is 267 Å². The molecule has 0 spiro atoms. The van der Waals surface area contributed by atoms with Crippen molar-refractivity contribution in [3.63, 3.8) is 0 Å². The Kier molecular flexibility index (Phi) is 32.3. The summed E-state index contributed by atoms with van der Waals surface area (Å²) < 4.78 is 0. The highest BCUT2D eigenvalue weighted by Gasteiger charge is 2.14. The SMILES string of the molecule is C=CC(=CC(=C)CC(=O)O)CCc1ccnc(Nc2cccc(CC)c2)c1.C=CC1C=C(C)CC(=O)CCc2cccc(c2)Nc2cc(ccn2)CC1.C=CC1C=C(C)CCC(=O)Cc2cccc(c2)Nc2cc(ccn2)CC1.CCc1cccc(CCc2ccnc(Nc3cccc(CC(=O)O)c3)c2)c1. The molecule has 546 valence electrons. The van der Waals surface area contributed by atoms with Crippen molar-refractivity contribution in [2.45, 2.75) is 143 Å². The number of nitrogens with one attached hydrogen (secondary N) is 4. The smallest absolute Gasteiger partial charge is 0.307 e. The Morgan fingerprint density at radius 3 is 1.55 bits per heavy atom. The fourth-order valence-corrected chi connectivity index (χ4v) is 12.5. The van der Waals surface area contributed by atoms with Gasteiger partial charge in [0.05, 0.1) is 12.8 Å². The number of aliphatic carboxylic acids is 2. The summed E-state index contributed by atoms with van der Waals surface area (Å²) in [5, 5.41) is 31.1. The highest BCUT2D eigenvalue weighted by Crippen LogP contribution is 2.27. The van der Waals surface area contributed by atoms with Gasteiger partial charge in [0.2, 0.25) is 0 Å². The largest absolute Gasteiger partial charge is 0.481 e. The number of hydrogen-bond acceptors (Lipinski definition) is 12. The monoisotopic (exact) mass is 1410 g/mol. The van der Waals surface area contributed by atoms with Crippen LogP contribution in [-0.4, -0.2) is 53.7 Å². The summed E-state index contributed by atoms with van der Waals surface area (Å²) in [5.41, 5.74) is 19.6. The molecule has 2 unspecified atom stereocenters. The molecule has 0 saturated carbocycles. The van der Waals surface area contributed by atoms with E-state index in [4.69, 9.17) is 10.2 Å². The first kappa shape index (κ1) is 80.1. The van der Waals surface area contributed by atoms with Crippen molar-refractivity contribution in [1.82, 2.24) is 19.9 Å². The third-order valence-electron chi connectivity index (χ3n) is 18.2. The van der Waals surface area contributed by atoms with E-state index in [9.17, 15) is 19.2 Å². The second kappa shape index (κ2) is 42.8. The number of carboxylic acids is 2. The van der Waals surface area contributed by atoms with Crippen LogP contribution in [0.3, 0.4) is 0 Å². The molecule has 8 bridgehead atoms. The lowest BCUT2D eigenvalue weighted by Crippen LogP contribution is -2.05. The van der Waals surface area contributed by atoms with Crippen LogP contribution in [0.25, 0.3) is 0 Å². The number of nitrogens with zero attached hydrogens (tertiary/aromatic N) is 4. The fraction of sp³-hybridized carbons (Fsp3) is 0.261. The molecule has 9 aromatic rings. The third kappa shape index (κ3) is 29.2. The van der Waals surface area contributed by atoms with Gasteiger partial charge in [0.1, 0.15) is 34.8 Å². The number of carboxylic acid groups (broad SMARTS) is 2. The summed E-state index contributed by atoms with van der Waals surface area (Å²) in [7, 11) is 0. The molecule has 0 amide bonds. The van der Waals surface area contributed by atoms with Crippen LogP contribution < -0.4 is 21.3 Å². The second-order valence-electron chi connectivity index (χ2n) is 27.1. The van der Waals surface area contributed by atoms with E-state index in [2.05, 4.69) is 173 Å². The molecule has 11 rings (SSSR count). The van der Waals surface area contributed by atoms with Crippen molar-refractivity contribution in [3.05, 3.63) is 335 Å². The van der Waals surface area contributed by atoms with Crippen molar-refractivity contribution >= 4 is 69.5 Å². The third-order valence-corrected chi connectivity index (χ3v) is 18.2. The van der Waals surface area contributed by atoms with Crippen LogP contribution in [0.1, 0.15) is 135 Å². The zero-order valence-electron chi connectivity index (χ0n) is 62.0. The number of carbonyl (C=O) groups is 4. The first-order valence-corrected chi connectivity index (χ1v) is 36.8. The average Bonchev–Trinajstić information content (AvgIpc) is 0.883. The quantitative estimate of drug-likeness (QED) is 0.0310. The number of aromatic nitrogens is 4. The predicted molar refractivity (Wildman–Crippen MR) is 435 cm³/mol. The Morgan fingerprint density at radius 1 is 0.491 bits per heavy atom. The minimum atomic E-state index is -0.878. The molecule has 5 aromatic carbocycles. The summed E-state index contributed by atoms with van der Waals surface area (Å²) in [4.78, 5) is 63.9. The number of benzene rings is 5. The van der Waals surface area contributed by atoms with Crippen LogP contribution in [-0.2, 0) is 83.4 Å². The van der Waals surface area contributed by atoms with Gasteiger partial charge in [0.25, 0.3) is 0 Å². The van der Waals surface area contributed by atoms with Gasteiger partial charge in [0.15, 0.2) is 0 Å². The molecule has 6 N–H and O–H groups in total. The molecule has 2 aliphatic rings. The van der Waals surface area contributed by atoms with E-state index in [1.165, 1.54) is 39.0 Å². The Hall–Kier alpha value is -11.6. The van der Waals surface area contributed by atoms with Gasteiger partial charge in [-0.15, -0.1) is 13.2 Å². The van der Waals surface area contributed by atoms with Gasteiger partial charge in [0, 0.05) is 73.2 Å². The Morgan fingerprint density at radius 2 is 0.972 bits per heavy atom. The molecule has 0 aliphatic carbocycles. The number of allylic oxidation sites excluding steroid dienone is 9. The zero-order valence-corrected chi connectivity index (χ0v) is 62.0. The van der Waals surface area contributed by atoms with Crippen molar-refractivity contribution in [3.8, 4) is 0 Å². The number of fused-ring (bicyclic) bond motifs is 8. The van der Waals surface area contributed by atoms with Crippen LogP contribution in [0.5, 0.6) is 0 Å². The van der Waals surface area contributed by atoms with E-state index in [1.54, 1.807) is 24.5 Å². The number of pyridine rings is 4. The van der Waals surface area contributed by atoms with Crippen LogP contribution in [0.15, 0.2) is 280 Å². The summed E-state index contributed by atoms with van der Waals surface area (Å²) in [6.07, 6.45) is 32.4. The van der Waals surface area contributed by atoms with E-state index in [0.717, 1.165) is 156 Å². The lowest BCUT2D eigenvalue weighted by Gasteiger charge is -2.13. The number of Topliss-reactive ketones (excluding diaryl/α,β-unsaturated/α-hetero) is 2. The topological polar surface area (TPSA) is 208 Å². The van der Waals surface area contributed by atoms with E-state index < -0.39 is 11.9 Å². The van der Waals surface area contributed by atoms with Crippen LogP contribution in [0.4, 0.5) is 46.0 Å². The predicted octanol–water partition coefficient (Wildman–Crippen LogP) is 21.1. The molecular weight excluding hydrogens is 1310 g/mol. The van der Waals surface area contributed by atoms with E-state index >= 15 is 0 Å². The highest BCUT2D eigenvalue weighted by molar-refractivity contribution is 5.82. The van der Waals surface area contributed by atoms with Gasteiger partial charge in [-0.25, -0.2) is 19.9 Å². The van der Waals surface area contributed by atoms with Gasteiger partial charge in [-0.1, -0.05) is 147 Å². The van der Waals surface area contributed by atoms with Gasteiger partial charge < -0.3 is 31.5 Å². The molecule has 0 fully saturated rings. The highest BCUT2D eigenvalue weighted by atomic mass is 16.4. The molecule has 14 nitrogen and oxygen atoms in total. The fourth-order valence-electron chi connectivity index (χ4n) is 12.5. The Labute approximate surface area is 627 Å². The second-order valence-corrected chi connectivity index (χ2v) is 27.1. The molecule has 4 aromatic heterocycles. The number of hydrogen-bond donors (Lipinski definition) is 6. The van der Waals surface area contributed by atoms with Crippen LogP contribution in [0.2, 0.25) is 0 Å². The van der Waals surface area contributed by atoms with Crippen molar-refractivity contribution in [2.75, 3.05) is 21.3 Å². The zero-order chi connectivity index (χ0) is 75.4. The minimum Gasteiger partial charge on any atom is -0.481 e. The maximum absolute atomic E-state index is 12.3. The van der Waals surface area contributed by atoms with Crippen molar-refractivity contribution in [2.24, 2.45) is 11.8 Å². The summed E-state index contributed by atoms with van der Waals surface area (Å²) in [5.74, 6) is 2.72. The van der Waals surface area contributed by atoms with Gasteiger partial charge in [-0.3, -0.25) is 19.2 Å². The standard InChI is InChI=1S/C23H24N2O2.C23H26N2O2.2C23H26N2O/c1-2-17-5-3-6-18(13-17)9-10-19-11-12-24-22(15-19)25-21-8-4-7-20(14-21)16-23(26)27;1-4-18-7-6-8-21(15-18)25-22-16-20(11-12-24-22)10-9-19(5-2)13-17(3)14-23(26)27;1-3-18-8-9-19-11-12-24-23(16-19)25-21-6-4-5-20(14-21)15-22(26)10-7-17(2)13-18;1-3-18-7-8-20-11-12-24-23(16-20)25-21-6-4-5-19(15-21)9-10-22(26)14-17(2)13-18/h3-8,11-15H,2,9-10,16H2,1H3,(H,24,25)(H,26,27);5-8,11-13,15-16H,2-4,9-10,14H2,1H3,(H,24,25)(H,26,27);3-6,11-14,16,18H,1,7-10,15H2,2H3,(H,24,25);3-6,11-13,15-16,18H,1,7-10,14H2,2H3,(H,24,25). The molecule has 0 radical (unpaired) electrons. The maximum atomic E-state index is 12.3. The summed E-state index contributed by atoms with van der Waals surface area (Å²) in [6, 6.07) is 57.2. The molecule has 6 heterocycles. The molecule has 2 atom stereocenters. The summed E-state index contributed by atoms with van der Waals surface area (Å²) in [6.45, 7) is 24.0.